The predicted molar refractivity (Wildman–Crippen MR) is 67.5 cm³/mol. The van der Waals surface area contributed by atoms with Crippen LogP contribution in [0.2, 0.25) is 0 Å². The molecular formula is C13H15FN2O3. The van der Waals surface area contributed by atoms with Crippen LogP contribution in [0.25, 0.3) is 0 Å². The molecule has 6 heteroatoms. The van der Waals surface area contributed by atoms with E-state index in [0.29, 0.717) is 12.2 Å². The maximum atomic E-state index is 13.9. The Morgan fingerprint density at radius 3 is 2.79 bits per heavy atom. The van der Waals surface area contributed by atoms with Crippen LogP contribution in [0.1, 0.15) is 18.4 Å². The van der Waals surface area contributed by atoms with Crippen LogP contribution in [0, 0.1) is 12.7 Å². The van der Waals surface area contributed by atoms with Gasteiger partial charge in [0.2, 0.25) is 11.8 Å². The highest BCUT2D eigenvalue weighted by Gasteiger charge is 2.28. The minimum absolute atomic E-state index is 0.141. The number of methoxy groups -OCH3 is 1. The van der Waals surface area contributed by atoms with Gasteiger partial charge in [-0.05, 0) is 31.0 Å². The van der Waals surface area contributed by atoms with Gasteiger partial charge >= 0.3 is 0 Å². The molecule has 0 radical (unpaired) electrons. The molecule has 1 atom stereocenters. The summed E-state index contributed by atoms with van der Waals surface area (Å²) in [7, 11) is 1.43. The lowest BCUT2D eigenvalue weighted by Crippen LogP contribution is -2.47. The first kappa shape index (κ1) is 13.3. The lowest BCUT2D eigenvalue weighted by molar-refractivity contribution is -0.133. The van der Waals surface area contributed by atoms with Crippen LogP contribution >= 0.6 is 0 Å². The van der Waals surface area contributed by atoms with Gasteiger partial charge in [-0.1, -0.05) is 0 Å². The van der Waals surface area contributed by atoms with Gasteiger partial charge in [0.15, 0.2) is 0 Å². The van der Waals surface area contributed by atoms with Crippen LogP contribution in [0.3, 0.4) is 0 Å². The van der Waals surface area contributed by atoms with E-state index in [4.69, 9.17) is 4.74 Å². The highest BCUT2D eigenvalue weighted by atomic mass is 19.1. The van der Waals surface area contributed by atoms with Crippen molar-refractivity contribution in [1.82, 2.24) is 5.32 Å². The van der Waals surface area contributed by atoms with Gasteiger partial charge in [-0.25, -0.2) is 4.39 Å². The standard InChI is InChI=1S/C13H15FN2O3/c1-7-5-8(14)12(10(6-7)19-2)15-9-3-4-11(17)16-13(9)18/h5-6,9,15H,3-4H2,1-2H3,(H,16,17,18). The highest BCUT2D eigenvalue weighted by Crippen LogP contribution is 2.30. The van der Waals surface area contributed by atoms with Crippen LogP contribution in [-0.2, 0) is 9.59 Å². The monoisotopic (exact) mass is 266 g/mol. The van der Waals surface area contributed by atoms with E-state index in [0.717, 1.165) is 5.56 Å². The van der Waals surface area contributed by atoms with Crippen molar-refractivity contribution in [3.05, 3.63) is 23.5 Å². The van der Waals surface area contributed by atoms with Gasteiger partial charge < -0.3 is 10.1 Å². The van der Waals surface area contributed by atoms with Gasteiger partial charge in [0.1, 0.15) is 23.3 Å². The molecule has 1 aromatic rings. The zero-order chi connectivity index (χ0) is 14.0. The molecule has 1 aromatic carbocycles. The topological polar surface area (TPSA) is 67.4 Å². The number of hydrogen-bond acceptors (Lipinski definition) is 4. The maximum absolute atomic E-state index is 13.9. The minimum Gasteiger partial charge on any atom is -0.494 e. The number of halogens is 1. The number of rotatable bonds is 3. The molecule has 1 aliphatic rings. The van der Waals surface area contributed by atoms with E-state index in [1.54, 1.807) is 13.0 Å². The third-order valence-electron chi connectivity index (χ3n) is 2.98. The number of piperidine rings is 1. The molecule has 19 heavy (non-hydrogen) atoms. The van der Waals surface area contributed by atoms with E-state index in [-0.39, 0.29) is 18.0 Å². The number of nitrogens with one attached hydrogen (secondary N) is 2. The quantitative estimate of drug-likeness (QED) is 0.811. The summed E-state index contributed by atoms with van der Waals surface area (Å²) in [5.41, 5.74) is 0.866. The van der Waals surface area contributed by atoms with E-state index in [1.165, 1.54) is 13.2 Å². The Bertz CT molecular complexity index is 531. The molecule has 0 aromatic heterocycles. The molecule has 2 rings (SSSR count). The molecule has 1 aliphatic heterocycles. The fourth-order valence-corrected chi connectivity index (χ4v) is 2.02. The molecule has 5 nitrogen and oxygen atoms in total. The number of aryl methyl sites for hydroxylation is 1. The summed E-state index contributed by atoms with van der Waals surface area (Å²) in [5, 5.41) is 5.02. The molecule has 0 saturated carbocycles. The van der Waals surface area contributed by atoms with Gasteiger partial charge in [-0.2, -0.15) is 0 Å². The summed E-state index contributed by atoms with van der Waals surface area (Å²) in [6, 6.07) is 2.40. The first-order valence-electron chi connectivity index (χ1n) is 5.95. The second kappa shape index (κ2) is 5.26. The second-order valence-corrected chi connectivity index (χ2v) is 4.47. The summed E-state index contributed by atoms with van der Waals surface area (Å²) in [6.07, 6.45) is 0.570. The second-order valence-electron chi connectivity index (χ2n) is 4.47. The van der Waals surface area contributed by atoms with Crippen LogP contribution in [-0.4, -0.2) is 25.0 Å². The third kappa shape index (κ3) is 2.83. The summed E-state index contributed by atoms with van der Waals surface area (Å²) >= 11 is 0. The lowest BCUT2D eigenvalue weighted by atomic mass is 10.1. The van der Waals surface area contributed by atoms with Gasteiger partial charge in [-0.15, -0.1) is 0 Å². The Morgan fingerprint density at radius 1 is 1.42 bits per heavy atom. The number of amides is 2. The summed E-state index contributed by atoms with van der Waals surface area (Å²) in [5.74, 6) is -0.901. The minimum atomic E-state index is -0.635. The number of anilines is 1. The van der Waals surface area contributed by atoms with E-state index >= 15 is 0 Å². The lowest BCUT2D eigenvalue weighted by Gasteiger charge is -2.24. The Labute approximate surface area is 110 Å². The number of hydrogen-bond donors (Lipinski definition) is 2. The average Bonchev–Trinajstić information content (AvgIpc) is 2.34. The largest absolute Gasteiger partial charge is 0.494 e. The van der Waals surface area contributed by atoms with E-state index in [9.17, 15) is 14.0 Å². The summed E-state index contributed by atoms with van der Waals surface area (Å²) < 4.78 is 19.0. The number of ether oxygens (including phenoxy) is 1. The Hall–Kier alpha value is -2.11. The SMILES string of the molecule is COc1cc(C)cc(F)c1NC1CCC(=O)NC1=O. The molecule has 2 N–H and O–H groups in total. The highest BCUT2D eigenvalue weighted by molar-refractivity contribution is 6.01. The van der Waals surface area contributed by atoms with Crippen molar-refractivity contribution in [2.24, 2.45) is 0 Å². The van der Waals surface area contributed by atoms with Gasteiger partial charge in [-0.3, -0.25) is 14.9 Å². The van der Waals surface area contributed by atoms with Crippen molar-refractivity contribution in [1.29, 1.82) is 0 Å². The maximum Gasteiger partial charge on any atom is 0.249 e. The van der Waals surface area contributed by atoms with Crippen LogP contribution < -0.4 is 15.4 Å². The summed E-state index contributed by atoms with van der Waals surface area (Å²) in [4.78, 5) is 22.7. The number of benzene rings is 1. The van der Waals surface area contributed by atoms with Crippen LogP contribution in [0.15, 0.2) is 12.1 Å². The molecule has 0 spiro atoms. The van der Waals surface area contributed by atoms with Crippen molar-refractivity contribution >= 4 is 17.5 Å². The van der Waals surface area contributed by atoms with Gasteiger partial charge in [0.05, 0.1) is 7.11 Å². The average molecular weight is 266 g/mol. The molecule has 1 fully saturated rings. The molecule has 2 amide bonds. The normalized spacial score (nSPS) is 19.0. The zero-order valence-corrected chi connectivity index (χ0v) is 10.7. The molecule has 0 bridgehead atoms. The molecule has 1 unspecified atom stereocenters. The van der Waals surface area contributed by atoms with E-state index in [2.05, 4.69) is 10.6 Å². The molecule has 1 saturated heterocycles. The number of carbonyl (C=O) groups is 2. The Balaban J connectivity index is 2.23. The van der Waals surface area contributed by atoms with Gasteiger partial charge in [0.25, 0.3) is 0 Å². The van der Waals surface area contributed by atoms with Crippen molar-refractivity contribution < 1.29 is 18.7 Å². The fourth-order valence-electron chi connectivity index (χ4n) is 2.02. The molecule has 102 valence electrons. The third-order valence-corrected chi connectivity index (χ3v) is 2.98. The fraction of sp³-hybridized carbons (Fsp3) is 0.385. The zero-order valence-electron chi connectivity index (χ0n) is 10.7. The smallest absolute Gasteiger partial charge is 0.249 e. The van der Waals surface area contributed by atoms with Crippen LogP contribution in [0.4, 0.5) is 10.1 Å². The molecular weight excluding hydrogens is 251 g/mol. The number of imide groups is 1. The molecule has 1 heterocycles. The Kier molecular flexibility index (Phi) is 3.69. The number of carbonyl (C=O) groups excluding carboxylic acids is 2. The van der Waals surface area contributed by atoms with Crippen molar-refractivity contribution in [3.8, 4) is 5.75 Å². The van der Waals surface area contributed by atoms with Crippen molar-refractivity contribution in [2.45, 2.75) is 25.8 Å². The van der Waals surface area contributed by atoms with E-state index < -0.39 is 17.8 Å². The molecule has 0 aliphatic carbocycles. The Morgan fingerprint density at radius 2 is 2.16 bits per heavy atom. The first-order chi connectivity index (χ1) is 9.01. The van der Waals surface area contributed by atoms with Crippen LogP contribution in [0.5, 0.6) is 5.75 Å². The van der Waals surface area contributed by atoms with Crippen molar-refractivity contribution in [3.63, 3.8) is 0 Å². The first-order valence-corrected chi connectivity index (χ1v) is 5.95. The van der Waals surface area contributed by atoms with Crippen molar-refractivity contribution in [2.75, 3.05) is 12.4 Å². The summed E-state index contributed by atoms with van der Waals surface area (Å²) in [6.45, 7) is 1.75. The van der Waals surface area contributed by atoms with Gasteiger partial charge in [0, 0.05) is 6.42 Å². The predicted octanol–water partition coefficient (Wildman–Crippen LogP) is 1.36. The van der Waals surface area contributed by atoms with E-state index in [1.807, 2.05) is 0 Å².